The summed E-state index contributed by atoms with van der Waals surface area (Å²) in [7, 11) is 0. The number of aryl methyl sites for hydroxylation is 1. The van der Waals surface area contributed by atoms with E-state index in [1.165, 1.54) is 5.69 Å². The van der Waals surface area contributed by atoms with Crippen LogP contribution in [0.25, 0.3) is 0 Å². The van der Waals surface area contributed by atoms with Gasteiger partial charge >= 0.3 is 0 Å². The summed E-state index contributed by atoms with van der Waals surface area (Å²) in [6.45, 7) is 15.8. The molecule has 1 aromatic rings. The Labute approximate surface area is 233 Å². The van der Waals surface area contributed by atoms with Gasteiger partial charge in [-0.15, -0.1) is 0 Å². The fraction of sp³-hybridized carbons (Fsp3) is 0.742. The highest BCUT2D eigenvalue weighted by Crippen LogP contribution is 2.24. The van der Waals surface area contributed by atoms with E-state index in [0.717, 1.165) is 126 Å². The zero-order chi connectivity index (χ0) is 27.8. The zero-order valence-electron chi connectivity index (χ0n) is 25.1. The first-order chi connectivity index (χ1) is 18.6. The molecule has 0 unspecified atom stereocenters. The molecule has 0 heterocycles. The maximum absolute atomic E-state index is 6.13. The van der Waals surface area contributed by atoms with E-state index in [1.807, 2.05) is 6.07 Å². The van der Waals surface area contributed by atoms with Crippen LogP contribution >= 0.6 is 0 Å². The van der Waals surface area contributed by atoms with Crippen molar-refractivity contribution in [2.24, 2.45) is 15.1 Å². The Bertz CT molecular complexity index is 771. The van der Waals surface area contributed by atoms with Crippen LogP contribution in [0.2, 0.25) is 0 Å². The first-order valence-electron chi connectivity index (χ1n) is 15.2. The second-order valence-corrected chi connectivity index (χ2v) is 9.96. The topological polar surface area (TPSA) is 84.4 Å². The highest BCUT2D eigenvalue weighted by atomic mass is 16.5. The monoisotopic (exact) mass is 530 g/mol. The predicted molar refractivity (Wildman–Crippen MR) is 162 cm³/mol. The smallest absolute Gasteiger partial charge is 0.183 e. The normalized spacial score (nSPS) is 12.0. The zero-order valence-corrected chi connectivity index (χ0v) is 25.1. The lowest BCUT2D eigenvalue weighted by Gasteiger charge is -2.26. The van der Waals surface area contributed by atoms with Crippen LogP contribution in [0.3, 0.4) is 0 Å². The van der Waals surface area contributed by atoms with E-state index in [2.05, 4.69) is 56.8 Å². The van der Waals surface area contributed by atoms with Crippen molar-refractivity contribution in [3.05, 3.63) is 23.8 Å². The van der Waals surface area contributed by atoms with Gasteiger partial charge in [-0.05, 0) is 74.3 Å². The molecule has 7 nitrogen and oxygen atoms in total. The third kappa shape index (κ3) is 15.1. The number of rotatable bonds is 22. The molecular formula is C31H56N5O2+. The van der Waals surface area contributed by atoms with Crippen LogP contribution in [-0.2, 0) is 9.47 Å². The van der Waals surface area contributed by atoms with Crippen LogP contribution in [-0.4, -0.2) is 51.2 Å². The molecule has 0 aliphatic carbocycles. The minimum Gasteiger partial charge on any atom is -0.481 e. The van der Waals surface area contributed by atoms with Crippen LogP contribution in [0.4, 0.5) is 11.4 Å². The van der Waals surface area contributed by atoms with Crippen molar-refractivity contribution >= 4 is 23.2 Å². The van der Waals surface area contributed by atoms with Gasteiger partial charge in [0, 0.05) is 44.7 Å². The number of unbranched alkanes of at least 4 members (excludes halogenated alkanes) is 4. The highest BCUT2D eigenvalue weighted by Gasteiger charge is 2.11. The Morgan fingerprint density at radius 1 is 0.737 bits per heavy atom. The van der Waals surface area contributed by atoms with Gasteiger partial charge in [0.2, 0.25) is 0 Å². The first kappa shape index (κ1) is 33.6. The van der Waals surface area contributed by atoms with Crippen LogP contribution in [0.1, 0.15) is 110 Å². The van der Waals surface area contributed by atoms with Gasteiger partial charge < -0.3 is 14.4 Å². The van der Waals surface area contributed by atoms with Gasteiger partial charge in [-0.3, -0.25) is 9.98 Å². The molecule has 0 saturated carbocycles. The third-order valence-electron chi connectivity index (χ3n) is 6.45. The van der Waals surface area contributed by atoms with Crippen LogP contribution < -0.4 is 10.4 Å². The molecule has 0 aromatic heterocycles. The van der Waals surface area contributed by atoms with Crippen molar-refractivity contribution in [2.45, 2.75) is 112 Å². The summed E-state index contributed by atoms with van der Waals surface area (Å²) < 4.78 is 12.3. The van der Waals surface area contributed by atoms with E-state index in [9.17, 15) is 0 Å². The van der Waals surface area contributed by atoms with Gasteiger partial charge in [0.1, 0.15) is 5.69 Å². The van der Waals surface area contributed by atoms with Crippen LogP contribution in [0.5, 0.6) is 0 Å². The molecule has 2 N–H and O–H groups in total. The fourth-order valence-electron chi connectivity index (χ4n) is 4.02. The maximum atomic E-state index is 6.13. The van der Waals surface area contributed by atoms with Gasteiger partial charge in [0.25, 0.3) is 0 Å². The Balaban J connectivity index is 2.74. The molecule has 0 aliphatic rings. The largest absolute Gasteiger partial charge is 0.481 e. The molecule has 0 fully saturated rings. The number of anilines is 1. The molecule has 38 heavy (non-hydrogen) atoms. The Kier molecular flexibility index (Phi) is 19.9. The SMILES string of the molecule is CCCCN=C(CCCC)OCCCN(CCCOC(CCCC)=NCCCC)c1ccc(N=[NH2+])c(C)c1. The van der Waals surface area contributed by atoms with Gasteiger partial charge in [0.05, 0.1) is 13.2 Å². The summed E-state index contributed by atoms with van der Waals surface area (Å²) in [4.78, 5) is 11.8. The Morgan fingerprint density at radius 2 is 1.24 bits per heavy atom. The number of hydrogen-bond donors (Lipinski definition) is 1. The number of aliphatic imine (C=N–C) groups is 2. The van der Waals surface area contributed by atoms with Gasteiger partial charge in [-0.25, -0.2) is 0 Å². The van der Waals surface area contributed by atoms with Crippen LogP contribution in [0, 0.1) is 6.92 Å². The van der Waals surface area contributed by atoms with E-state index in [-0.39, 0.29) is 0 Å². The standard InChI is InChI=1S/C31H55N5O2/c1-6-10-16-30(33-20-12-8-3)37-24-14-22-36(28-18-19-29(35-32)27(5)26-28)23-15-25-38-31(17-11-7-2)34-21-13-9-4/h18-19,26,32H,6-17,20-25H2,1-5H3/p+1. The van der Waals surface area contributed by atoms with Crippen molar-refractivity contribution in [3.63, 3.8) is 0 Å². The molecular weight excluding hydrogens is 474 g/mol. The summed E-state index contributed by atoms with van der Waals surface area (Å²) >= 11 is 0. The fourth-order valence-corrected chi connectivity index (χ4v) is 4.02. The van der Waals surface area contributed by atoms with Gasteiger partial charge in [0.15, 0.2) is 11.8 Å². The van der Waals surface area contributed by atoms with E-state index < -0.39 is 0 Å². The molecule has 1 aromatic carbocycles. The third-order valence-corrected chi connectivity index (χ3v) is 6.45. The number of nitrogens with two attached hydrogens (primary N) is 1. The second-order valence-electron chi connectivity index (χ2n) is 9.96. The molecule has 0 spiro atoms. The Hall–Kier alpha value is -2.44. The number of hydrogen-bond acceptors (Lipinski definition) is 6. The predicted octanol–water partition coefficient (Wildman–Crippen LogP) is 7.24. The number of benzene rings is 1. The number of ether oxygens (including phenoxy) is 2. The lowest BCUT2D eigenvalue weighted by molar-refractivity contribution is -0.210. The summed E-state index contributed by atoms with van der Waals surface area (Å²) in [5.41, 5.74) is 8.63. The molecule has 0 saturated heterocycles. The molecule has 216 valence electrons. The van der Waals surface area contributed by atoms with E-state index in [1.54, 1.807) is 0 Å². The molecule has 1 rings (SSSR count). The van der Waals surface area contributed by atoms with Crippen molar-refractivity contribution < 1.29 is 15.0 Å². The van der Waals surface area contributed by atoms with E-state index in [0.29, 0.717) is 13.2 Å². The van der Waals surface area contributed by atoms with Gasteiger partial charge in [-0.2, -0.15) is 5.53 Å². The average Bonchev–Trinajstić information content (AvgIpc) is 2.92. The minimum absolute atomic E-state index is 0.683. The van der Waals surface area contributed by atoms with E-state index in [4.69, 9.17) is 25.0 Å². The summed E-state index contributed by atoms with van der Waals surface area (Å²) in [6.07, 6.45) is 12.8. The van der Waals surface area contributed by atoms with Crippen molar-refractivity contribution in [1.82, 2.24) is 0 Å². The lowest BCUT2D eigenvalue weighted by atomic mass is 10.1. The quantitative estimate of drug-likeness (QED) is 0.0742. The maximum Gasteiger partial charge on any atom is 0.183 e. The molecule has 0 radical (unpaired) electrons. The lowest BCUT2D eigenvalue weighted by Crippen LogP contribution is -2.28. The van der Waals surface area contributed by atoms with Crippen molar-refractivity contribution in [3.8, 4) is 0 Å². The molecule has 0 aliphatic heterocycles. The second kappa shape index (κ2) is 22.5. The summed E-state index contributed by atoms with van der Waals surface area (Å²) in [5.74, 6) is 1.85. The highest BCUT2D eigenvalue weighted by molar-refractivity contribution is 5.76. The Morgan fingerprint density at radius 3 is 1.66 bits per heavy atom. The average molecular weight is 531 g/mol. The first-order valence-corrected chi connectivity index (χ1v) is 15.2. The van der Waals surface area contributed by atoms with E-state index >= 15 is 0 Å². The minimum atomic E-state index is 0.683. The molecule has 7 heteroatoms. The molecule has 0 amide bonds. The van der Waals surface area contributed by atoms with Crippen LogP contribution in [0.15, 0.2) is 33.3 Å². The van der Waals surface area contributed by atoms with Crippen molar-refractivity contribution in [2.75, 3.05) is 44.3 Å². The molecule has 0 bridgehead atoms. The number of nitrogens with zero attached hydrogens (tertiary/aromatic N) is 4. The van der Waals surface area contributed by atoms with Gasteiger partial charge in [-0.1, -0.05) is 53.4 Å². The molecule has 0 atom stereocenters. The summed E-state index contributed by atoms with van der Waals surface area (Å²) in [6, 6.07) is 6.28. The summed E-state index contributed by atoms with van der Waals surface area (Å²) in [5, 5.41) is 3.89. The van der Waals surface area contributed by atoms with Crippen molar-refractivity contribution in [1.29, 1.82) is 0 Å².